The molecule has 1 aliphatic heterocycles. The van der Waals surface area contributed by atoms with Gasteiger partial charge in [0.05, 0.1) is 21.6 Å². The summed E-state index contributed by atoms with van der Waals surface area (Å²) in [6.07, 6.45) is 5.39. The van der Waals surface area contributed by atoms with Gasteiger partial charge in [-0.1, -0.05) is 54.6 Å². The van der Waals surface area contributed by atoms with Crippen LogP contribution in [0.25, 0.3) is 22.2 Å². The van der Waals surface area contributed by atoms with E-state index in [1.165, 1.54) is 52.7 Å². The van der Waals surface area contributed by atoms with E-state index in [1.807, 2.05) is 12.1 Å². The van der Waals surface area contributed by atoms with Crippen molar-refractivity contribution in [2.75, 3.05) is 31.1 Å². The molecule has 0 saturated carbocycles. The molecule has 0 bridgehead atoms. The molecular formula is C39H34N6O6S. The molecule has 3 heterocycles. The molecule has 1 saturated heterocycles. The number of benzene rings is 4. The lowest BCUT2D eigenvalue weighted by atomic mass is 9.94. The number of aromatic nitrogens is 2. The number of nitro benzene ring substituents is 1. The summed E-state index contributed by atoms with van der Waals surface area (Å²) in [4.78, 5) is 36.0. The third kappa shape index (κ3) is 6.47. The van der Waals surface area contributed by atoms with Crippen molar-refractivity contribution >= 4 is 38.3 Å². The largest absolute Gasteiger partial charge is 0.455 e. The molecule has 0 spiro atoms. The maximum Gasteiger partial charge on any atom is 0.270 e. The van der Waals surface area contributed by atoms with Gasteiger partial charge < -0.3 is 14.6 Å². The number of non-ortho nitro benzene ring substituents is 1. The van der Waals surface area contributed by atoms with Gasteiger partial charge in [-0.3, -0.25) is 19.8 Å². The number of nitrogens with one attached hydrogen (secondary N) is 2. The third-order valence-corrected chi connectivity index (χ3v) is 11.1. The fourth-order valence-electron chi connectivity index (χ4n) is 7.27. The van der Waals surface area contributed by atoms with Gasteiger partial charge in [0.15, 0.2) is 0 Å². The number of nitrogens with zero attached hydrogens (tertiary/aromatic N) is 4. The Kier molecular flexibility index (Phi) is 8.65. The SMILES string of the molecule is O=C(NS(=O)(=O)c1cccc([N+](=O)[O-])c1)c1ccc(N2CCN(C3CCc4cccc(-c5ccccc5)c43)CC2)cc1Oc1cnc2[nH]ccc2c1. The molecule has 52 heavy (non-hydrogen) atoms. The van der Waals surface area contributed by atoms with E-state index in [0.29, 0.717) is 17.4 Å². The Hall–Kier alpha value is -6.05. The summed E-state index contributed by atoms with van der Waals surface area (Å²) >= 11 is 0. The molecule has 4 aromatic carbocycles. The first-order chi connectivity index (χ1) is 25.2. The molecule has 1 atom stereocenters. The Balaban J connectivity index is 1.05. The van der Waals surface area contributed by atoms with Gasteiger partial charge in [-0.05, 0) is 65.4 Å². The van der Waals surface area contributed by atoms with Crippen molar-refractivity contribution in [3.05, 3.63) is 142 Å². The van der Waals surface area contributed by atoms with Gasteiger partial charge in [-0.25, -0.2) is 18.1 Å². The number of carbonyl (C=O) groups excluding carboxylic acids is 1. The Labute approximate surface area is 299 Å². The monoisotopic (exact) mass is 714 g/mol. The molecule has 12 nitrogen and oxygen atoms in total. The van der Waals surface area contributed by atoms with E-state index >= 15 is 0 Å². The van der Waals surface area contributed by atoms with Gasteiger partial charge >= 0.3 is 0 Å². The van der Waals surface area contributed by atoms with Crippen molar-refractivity contribution in [1.29, 1.82) is 0 Å². The van der Waals surface area contributed by atoms with Crippen molar-refractivity contribution in [1.82, 2.24) is 19.6 Å². The van der Waals surface area contributed by atoms with Crippen LogP contribution in [0.15, 0.2) is 120 Å². The minimum atomic E-state index is -4.45. The standard InChI is InChI=1S/C39H34N6O6S/c46-39(42-52(49,50)32-10-5-9-30(23-32)45(47)48)34-14-13-29(24-36(34)51-31-22-28-16-17-40-38(28)41-25-31)43-18-20-44(21-19-43)35-15-12-27-8-4-11-33(37(27)35)26-6-2-1-3-7-26/h1-11,13-14,16-17,22-25,35H,12,15,18-21H2,(H,40,41)(H,42,46). The van der Waals surface area contributed by atoms with E-state index in [9.17, 15) is 23.3 Å². The van der Waals surface area contributed by atoms with Crippen LogP contribution in [0.1, 0.15) is 33.9 Å². The lowest BCUT2D eigenvalue weighted by molar-refractivity contribution is -0.385. The van der Waals surface area contributed by atoms with Crippen LogP contribution < -0.4 is 14.4 Å². The maximum absolute atomic E-state index is 13.6. The predicted octanol–water partition coefficient (Wildman–Crippen LogP) is 6.86. The summed E-state index contributed by atoms with van der Waals surface area (Å²) in [6.45, 7) is 3.15. The van der Waals surface area contributed by atoms with Crippen LogP contribution in [0.2, 0.25) is 0 Å². The summed E-state index contributed by atoms with van der Waals surface area (Å²) < 4.78 is 34.7. The fourth-order valence-corrected chi connectivity index (χ4v) is 8.28. The molecule has 2 aliphatic rings. The zero-order chi connectivity index (χ0) is 35.8. The smallest absolute Gasteiger partial charge is 0.270 e. The van der Waals surface area contributed by atoms with Gasteiger partial charge in [0.1, 0.15) is 17.1 Å². The van der Waals surface area contributed by atoms with Crippen LogP contribution in [0, 0.1) is 10.1 Å². The number of amides is 1. The van der Waals surface area contributed by atoms with Gasteiger partial charge in [-0.2, -0.15) is 0 Å². The highest BCUT2D eigenvalue weighted by Crippen LogP contribution is 2.42. The molecule has 13 heteroatoms. The van der Waals surface area contributed by atoms with Crippen molar-refractivity contribution in [3.8, 4) is 22.6 Å². The number of nitro groups is 1. The number of aromatic amines is 1. The summed E-state index contributed by atoms with van der Waals surface area (Å²) in [5, 5.41) is 12.1. The average Bonchev–Trinajstić information content (AvgIpc) is 3.82. The third-order valence-electron chi connectivity index (χ3n) is 9.80. The molecule has 1 amide bonds. The topological polar surface area (TPSA) is 151 Å². The number of aryl methyl sites for hydroxylation is 1. The number of ether oxygens (including phenoxy) is 1. The highest BCUT2D eigenvalue weighted by Gasteiger charge is 2.33. The summed E-state index contributed by atoms with van der Waals surface area (Å²) in [5.74, 6) is -0.443. The Morgan fingerprint density at radius 2 is 1.73 bits per heavy atom. The lowest BCUT2D eigenvalue weighted by Crippen LogP contribution is -2.47. The first-order valence-electron chi connectivity index (χ1n) is 17.0. The second-order valence-electron chi connectivity index (χ2n) is 12.9. The Bertz CT molecular complexity index is 2430. The molecule has 262 valence electrons. The van der Waals surface area contributed by atoms with Crippen molar-refractivity contribution in [3.63, 3.8) is 0 Å². The van der Waals surface area contributed by atoms with Crippen LogP contribution in [-0.4, -0.2) is 60.3 Å². The normalized spacial score (nSPS) is 16.1. The van der Waals surface area contributed by atoms with Gasteiger partial charge in [-0.15, -0.1) is 0 Å². The minimum Gasteiger partial charge on any atom is -0.455 e. The van der Waals surface area contributed by atoms with Crippen LogP contribution in [0.4, 0.5) is 11.4 Å². The van der Waals surface area contributed by atoms with Crippen LogP contribution in [0.3, 0.4) is 0 Å². The number of anilines is 1. The molecular weight excluding hydrogens is 681 g/mol. The molecule has 2 aromatic heterocycles. The van der Waals surface area contributed by atoms with Gasteiger partial charge in [0.2, 0.25) is 0 Å². The second-order valence-corrected chi connectivity index (χ2v) is 14.6. The molecule has 0 radical (unpaired) electrons. The first-order valence-corrected chi connectivity index (χ1v) is 18.4. The van der Waals surface area contributed by atoms with Gasteiger partial charge in [0.25, 0.3) is 21.6 Å². The number of sulfonamides is 1. The number of hydrogen-bond donors (Lipinski definition) is 2. The predicted molar refractivity (Wildman–Crippen MR) is 197 cm³/mol. The molecule has 6 aromatic rings. The lowest BCUT2D eigenvalue weighted by Gasteiger charge is -2.40. The van der Waals surface area contributed by atoms with E-state index in [-0.39, 0.29) is 11.3 Å². The van der Waals surface area contributed by atoms with E-state index in [2.05, 4.69) is 67.0 Å². The summed E-state index contributed by atoms with van der Waals surface area (Å²) in [7, 11) is -4.45. The number of H-pyrrole nitrogens is 1. The van der Waals surface area contributed by atoms with Crippen molar-refractivity contribution in [2.24, 2.45) is 0 Å². The summed E-state index contributed by atoms with van der Waals surface area (Å²) in [6, 6.07) is 30.7. The summed E-state index contributed by atoms with van der Waals surface area (Å²) in [5.41, 5.74) is 6.39. The number of fused-ring (bicyclic) bond motifs is 2. The second kappa shape index (κ2) is 13.6. The Morgan fingerprint density at radius 1 is 0.923 bits per heavy atom. The number of rotatable bonds is 9. The van der Waals surface area contributed by atoms with Crippen LogP contribution >= 0.6 is 0 Å². The zero-order valence-corrected chi connectivity index (χ0v) is 28.8. The zero-order valence-electron chi connectivity index (χ0n) is 27.9. The van der Waals surface area contributed by atoms with E-state index in [4.69, 9.17) is 4.74 Å². The fraction of sp³-hybridized carbons (Fsp3) is 0.179. The first kappa shape index (κ1) is 33.1. The molecule has 8 rings (SSSR count). The highest BCUT2D eigenvalue weighted by atomic mass is 32.2. The number of carbonyl (C=O) groups is 1. The van der Waals surface area contributed by atoms with Crippen LogP contribution in [-0.2, 0) is 16.4 Å². The van der Waals surface area contributed by atoms with Crippen molar-refractivity contribution < 1.29 is 22.9 Å². The minimum absolute atomic E-state index is 0.0263. The quantitative estimate of drug-likeness (QED) is 0.121. The average molecular weight is 715 g/mol. The molecule has 1 unspecified atom stereocenters. The molecule has 1 fully saturated rings. The maximum atomic E-state index is 13.6. The molecule has 2 N–H and O–H groups in total. The number of pyridine rings is 1. The van der Waals surface area contributed by atoms with E-state index in [0.717, 1.165) is 56.2 Å². The number of hydrogen-bond acceptors (Lipinski definition) is 9. The van der Waals surface area contributed by atoms with E-state index in [1.54, 1.807) is 24.4 Å². The van der Waals surface area contributed by atoms with Crippen molar-refractivity contribution in [2.45, 2.75) is 23.8 Å². The van der Waals surface area contributed by atoms with E-state index < -0.39 is 31.4 Å². The van der Waals surface area contributed by atoms with Crippen LogP contribution in [0.5, 0.6) is 11.5 Å². The highest BCUT2D eigenvalue weighted by molar-refractivity contribution is 7.90. The van der Waals surface area contributed by atoms with Gasteiger partial charge in [0, 0.05) is 67.7 Å². The number of piperazine rings is 1. The Morgan fingerprint density at radius 3 is 2.54 bits per heavy atom. The molecule has 1 aliphatic carbocycles.